The van der Waals surface area contributed by atoms with E-state index in [0.29, 0.717) is 23.7 Å². The number of nitrogens with one attached hydrogen (secondary N) is 1. The minimum atomic E-state index is -3.21. The number of aromatic nitrogens is 2. The van der Waals surface area contributed by atoms with Gasteiger partial charge in [-0.25, -0.2) is 18.2 Å². The number of nitrogens with two attached hydrogens (primary N) is 1. The SMILES string of the molecule is COC[C@@H]1NC(=O)[C@H](C)N(Cc2c(F)cc(Cl)cc2Oc2ccc(-c3cnc(CN)n3C)cc2)C(=O)C[C@@](O)(C2CC(F)(F)C2)C(=O)N2CCC[C@@](Cc3ccc(Cl)cc3)(C2)N(C)C1=O. The summed E-state index contributed by atoms with van der Waals surface area (Å²) < 4.78 is 59.0. The predicted octanol–water partition coefficient (Wildman–Crippen LogP) is 5.87. The molecule has 1 aromatic heterocycles. The molecule has 3 fully saturated rings. The lowest BCUT2D eigenvalue weighted by molar-refractivity contribution is -0.199. The molecule has 3 aliphatic rings. The number of ether oxygens (including phenoxy) is 2. The third-order valence-electron chi connectivity index (χ3n) is 13.1. The molecule has 1 saturated carbocycles. The first-order valence-corrected chi connectivity index (χ1v) is 22.0. The van der Waals surface area contributed by atoms with Crippen molar-refractivity contribution in [3.05, 3.63) is 99.7 Å². The van der Waals surface area contributed by atoms with Crippen molar-refractivity contribution in [2.75, 3.05) is 33.9 Å². The highest BCUT2D eigenvalue weighted by Crippen LogP contribution is 2.50. The molecular weight excluding hydrogens is 890 g/mol. The summed E-state index contributed by atoms with van der Waals surface area (Å²) in [4.78, 5) is 66.7. The zero-order chi connectivity index (χ0) is 47.0. The Hall–Kier alpha value is -5.20. The standard InChI is InChI=1S/C46H52Cl2F3N7O7/c1-27-41(60)54-36(25-64-4)42(61)56(3)44(18-28-6-10-31(47)11-7-28)14-5-15-57(26-44)43(62)46(63,30-19-45(50,51)20-30)21-40(59)58(27)24-34-35(49)16-32(48)17-38(34)65-33-12-8-29(9-13-33)37-23-53-39(22-52)55(37)2/h6-13,16-17,23,27,30,36,63H,5,14-15,18-22,24-26,52H2,1-4H3,(H,54,60)/t27-,36-,44+,46+/m0/s1. The molecule has 4 atom stereocenters. The lowest BCUT2D eigenvalue weighted by atomic mass is 9.67. The summed E-state index contributed by atoms with van der Waals surface area (Å²) in [6.07, 6.45) is -0.155. The maximum atomic E-state index is 16.2. The molecule has 2 saturated heterocycles. The fourth-order valence-corrected chi connectivity index (χ4v) is 9.53. The van der Waals surface area contributed by atoms with Crippen LogP contribution in [0.3, 0.4) is 0 Å². The molecule has 2 aliphatic heterocycles. The number of nitrogens with zero attached hydrogens (tertiary/aromatic N) is 5. The molecule has 3 aromatic carbocycles. The van der Waals surface area contributed by atoms with E-state index >= 15 is 4.39 Å². The molecule has 19 heteroatoms. The number of amides is 4. The number of likely N-dealkylation sites (N-methyl/N-ethyl adjacent to an activating group) is 1. The van der Waals surface area contributed by atoms with Crippen LogP contribution in [0.5, 0.6) is 11.5 Å². The Morgan fingerprint density at radius 2 is 1.69 bits per heavy atom. The van der Waals surface area contributed by atoms with Gasteiger partial charge in [-0.15, -0.1) is 0 Å². The fourth-order valence-electron chi connectivity index (χ4n) is 9.21. The number of rotatable bonds is 11. The molecule has 4 aromatic rings. The van der Waals surface area contributed by atoms with E-state index in [0.717, 1.165) is 27.8 Å². The smallest absolute Gasteiger partial charge is 0.255 e. The van der Waals surface area contributed by atoms with Gasteiger partial charge in [0, 0.05) is 74.2 Å². The molecule has 65 heavy (non-hydrogen) atoms. The molecule has 4 amide bonds. The predicted molar refractivity (Wildman–Crippen MR) is 236 cm³/mol. The van der Waals surface area contributed by atoms with Gasteiger partial charge < -0.3 is 44.9 Å². The minimum Gasteiger partial charge on any atom is -0.457 e. The Morgan fingerprint density at radius 1 is 1.00 bits per heavy atom. The quantitative estimate of drug-likeness (QED) is 0.166. The van der Waals surface area contributed by atoms with Crippen molar-refractivity contribution in [2.24, 2.45) is 18.7 Å². The number of imidazole rings is 1. The highest BCUT2D eigenvalue weighted by Gasteiger charge is 2.60. The van der Waals surface area contributed by atoms with Gasteiger partial charge in [-0.3, -0.25) is 19.2 Å². The summed E-state index contributed by atoms with van der Waals surface area (Å²) in [6.45, 7) is 0.567. The van der Waals surface area contributed by atoms with Crippen LogP contribution in [0, 0.1) is 11.7 Å². The van der Waals surface area contributed by atoms with Crippen LogP contribution in [0.2, 0.25) is 10.0 Å². The number of halogens is 5. The summed E-state index contributed by atoms with van der Waals surface area (Å²) in [6, 6.07) is 13.3. The fraction of sp³-hybridized carbons (Fsp3) is 0.457. The van der Waals surface area contributed by atoms with Crippen molar-refractivity contribution in [3.63, 3.8) is 0 Å². The summed E-state index contributed by atoms with van der Waals surface area (Å²) in [5.74, 6) is -8.11. The number of fused-ring (bicyclic) bond motifs is 2. The lowest BCUT2D eigenvalue weighted by Gasteiger charge is -2.52. The number of alkyl halides is 2. The van der Waals surface area contributed by atoms with Gasteiger partial charge in [0.05, 0.1) is 43.5 Å². The van der Waals surface area contributed by atoms with E-state index in [1.807, 2.05) is 11.6 Å². The van der Waals surface area contributed by atoms with Crippen LogP contribution < -0.4 is 15.8 Å². The van der Waals surface area contributed by atoms with Crippen LogP contribution in [0.15, 0.2) is 66.9 Å². The Kier molecular flexibility index (Phi) is 13.9. The zero-order valence-electron chi connectivity index (χ0n) is 36.5. The van der Waals surface area contributed by atoms with Crippen LogP contribution >= 0.6 is 23.2 Å². The second-order valence-corrected chi connectivity index (χ2v) is 18.2. The van der Waals surface area contributed by atoms with Crippen molar-refractivity contribution < 1.29 is 46.9 Å². The number of methoxy groups -OCH3 is 1. The molecular formula is C46H52Cl2F3N7O7. The summed E-state index contributed by atoms with van der Waals surface area (Å²) in [7, 11) is 4.74. The Morgan fingerprint density at radius 3 is 2.32 bits per heavy atom. The summed E-state index contributed by atoms with van der Waals surface area (Å²) in [5, 5.41) is 15.7. The minimum absolute atomic E-state index is 0.0511. The van der Waals surface area contributed by atoms with Gasteiger partial charge >= 0.3 is 0 Å². The van der Waals surface area contributed by atoms with Gasteiger partial charge in [0.15, 0.2) is 5.60 Å². The number of aliphatic hydroxyl groups is 1. The number of benzene rings is 3. The average molecular weight is 943 g/mol. The van der Waals surface area contributed by atoms with Crippen molar-refractivity contribution in [2.45, 2.75) is 87.7 Å². The average Bonchev–Trinajstić information content (AvgIpc) is 3.64. The van der Waals surface area contributed by atoms with Gasteiger partial charge in [0.2, 0.25) is 23.6 Å². The Bertz CT molecular complexity index is 2430. The van der Waals surface area contributed by atoms with E-state index in [2.05, 4.69) is 10.3 Å². The van der Waals surface area contributed by atoms with Gasteiger partial charge in [0.25, 0.3) is 5.91 Å². The second-order valence-electron chi connectivity index (χ2n) is 17.3. The van der Waals surface area contributed by atoms with Crippen LogP contribution in [-0.4, -0.2) is 116 Å². The normalized spacial score (nSPS) is 24.4. The van der Waals surface area contributed by atoms with Crippen molar-refractivity contribution in [3.8, 4) is 22.8 Å². The van der Waals surface area contributed by atoms with E-state index in [1.54, 1.807) is 61.8 Å². The number of carbonyl (C=O) groups excluding carboxylic acids is 4. The number of carbonyl (C=O) groups is 4. The van der Waals surface area contributed by atoms with Crippen molar-refractivity contribution in [1.29, 1.82) is 0 Å². The molecule has 0 spiro atoms. The van der Waals surface area contributed by atoms with Crippen LogP contribution in [0.4, 0.5) is 13.2 Å². The summed E-state index contributed by atoms with van der Waals surface area (Å²) >= 11 is 12.5. The van der Waals surface area contributed by atoms with E-state index in [4.69, 9.17) is 38.4 Å². The van der Waals surface area contributed by atoms with Crippen LogP contribution in [0.1, 0.15) is 56.0 Å². The zero-order valence-corrected chi connectivity index (χ0v) is 38.0. The lowest BCUT2D eigenvalue weighted by Crippen LogP contribution is -2.68. The van der Waals surface area contributed by atoms with Crippen LogP contribution in [0.25, 0.3) is 11.3 Å². The molecule has 3 heterocycles. The largest absolute Gasteiger partial charge is 0.457 e. The monoisotopic (exact) mass is 941 g/mol. The van der Waals surface area contributed by atoms with Gasteiger partial charge in [-0.1, -0.05) is 35.3 Å². The van der Waals surface area contributed by atoms with E-state index in [9.17, 15) is 33.1 Å². The first-order chi connectivity index (χ1) is 30.8. The maximum Gasteiger partial charge on any atom is 0.255 e. The van der Waals surface area contributed by atoms with E-state index < -0.39 is 90.3 Å². The molecule has 0 unspecified atom stereocenters. The van der Waals surface area contributed by atoms with Crippen LogP contribution in [-0.2, 0) is 50.5 Å². The summed E-state index contributed by atoms with van der Waals surface area (Å²) in [5.41, 5.74) is 4.09. The molecule has 0 radical (unpaired) electrons. The number of hydrogen-bond acceptors (Lipinski definition) is 9. The second kappa shape index (κ2) is 19.0. The van der Waals surface area contributed by atoms with Crippen molar-refractivity contribution in [1.82, 2.24) is 29.6 Å². The Balaban J connectivity index is 1.27. The number of piperidine rings is 1. The first-order valence-electron chi connectivity index (χ1n) is 21.3. The van der Waals surface area contributed by atoms with Gasteiger partial charge in [-0.05, 0) is 80.3 Å². The number of hydrogen-bond donors (Lipinski definition) is 3. The third-order valence-corrected chi connectivity index (χ3v) is 13.6. The van der Waals surface area contributed by atoms with E-state index in [-0.39, 0.29) is 54.7 Å². The molecule has 7 rings (SSSR count). The third kappa shape index (κ3) is 9.85. The molecule has 14 nitrogen and oxygen atoms in total. The molecule has 2 bridgehead atoms. The molecule has 348 valence electrons. The topological polar surface area (TPSA) is 173 Å². The van der Waals surface area contributed by atoms with E-state index in [1.165, 1.54) is 29.9 Å². The van der Waals surface area contributed by atoms with Crippen molar-refractivity contribution >= 4 is 46.8 Å². The Labute approximate surface area is 384 Å². The molecule has 1 aliphatic carbocycles. The van der Waals surface area contributed by atoms with Gasteiger partial charge in [-0.2, -0.15) is 0 Å². The van der Waals surface area contributed by atoms with Gasteiger partial charge in [0.1, 0.15) is 35.2 Å². The molecule has 4 N–H and O–H groups in total. The first kappa shape index (κ1) is 47.8. The maximum absolute atomic E-state index is 16.2. The highest BCUT2D eigenvalue weighted by atomic mass is 35.5. The highest BCUT2D eigenvalue weighted by molar-refractivity contribution is 6.31.